The minimum Gasteiger partial charge on any atom is -0.457 e. The Morgan fingerprint density at radius 1 is 0.952 bits per heavy atom. The summed E-state index contributed by atoms with van der Waals surface area (Å²) in [7, 11) is -3.29. The van der Waals surface area contributed by atoms with Crippen LogP contribution >= 0.6 is 0 Å². The molecule has 2 aromatic rings. The molecule has 2 aromatic carbocycles. The van der Waals surface area contributed by atoms with Gasteiger partial charge in [-0.15, -0.1) is 0 Å². The van der Waals surface area contributed by atoms with Crippen molar-refractivity contribution < 1.29 is 18.3 Å². The molecular formula is C16H18O4S. The molecule has 2 unspecified atom stereocenters. The van der Waals surface area contributed by atoms with E-state index < -0.39 is 21.2 Å². The Morgan fingerprint density at radius 2 is 1.48 bits per heavy atom. The highest BCUT2D eigenvalue weighted by Gasteiger charge is 2.25. The standard InChI is InChI=1S/C16H18O4S/c1-12(21(2,18)19)16(17)13-8-10-15(11-9-13)20-14-6-4-3-5-7-14/h3-12,16-17H,1-2H3. The molecule has 112 valence electrons. The van der Waals surface area contributed by atoms with E-state index >= 15 is 0 Å². The van der Waals surface area contributed by atoms with Crippen LogP contribution in [-0.2, 0) is 9.84 Å². The number of benzene rings is 2. The van der Waals surface area contributed by atoms with Gasteiger partial charge in [0.1, 0.15) is 11.5 Å². The maximum Gasteiger partial charge on any atom is 0.152 e. The van der Waals surface area contributed by atoms with E-state index in [-0.39, 0.29) is 0 Å². The largest absolute Gasteiger partial charge is 0.457 e. The van der Waals surface area contributed by atoms with Crippen molar-refractivity contribution in [2.45, 2.75) is 18.3 Å². The van der Waals surface area contributed by atoms with Gasteiger partial charge in [0, 0.05) is 6.26 Å². The van der Waals surface area contributed by atoms with Crippen LogP contribution in [0.5, 0.6) is 11.5 Å². The van der Waals surface area contributed by atoms with Crippen molar-refractivity contribution in [3.05, 3.63) is 60.2 Å². The lowest BCUT2D eigenvalue weighted by atomic mass is 10.1. The first-order valence-corrected chi connectivity index (χ1v) is 8.53. The number of aliphatic hydroxyl groups excluding tert-OH is 1. The van der Waals surface area contributed by atoms with Gasteiger partial charge in [-0.2, -0.15) is 0 Å². The first kappa shape index (κ1) is 15.5. The fourth-order valence-corrected chi connectivity index (χ4v) is 2.49. The molecule has 5 heteroatoms. The summed E-state index contributed by atoms with van der Waals surface area (Å²) < 4.78 is 28.6. The molecule has 0 amide bonds. The van der Waals surface area contributed by atoms with Gasteiger partial charge >= 0.3 is 0 Å². The molecule has 4 nitrogen and oxygen atoms in total. The Labute approximate surface area is 124 Å². The van der Waals surface area contributed by atoms with Crippen molar-refractivity contribution in [2.24, 2.45) is 0 Å². The van der Waals surface area contributed by atoms with Crippen LogP contribution in [0.25, 0.3) is 0 Å². The highest BCUT2D eigenvalue weighted by Crippen LogP contribution is 2.26. The zero-order valence-electron chi connectivity index (χ0n) is 11.9. The Bertz CT molecular complexity index is 678. The zero-order chi connectivity index (χ0) is 15.5. The average Bonchev–Trinajstić information content (AvgIpc) is 2.46. The highest BCUT2D eigenvalue weighted by atomic mass is 32.2. The first-order chi connectivity index (χ1) is 9.88. The molecular weight excluding hydrogens is 288 g/mol. The van der Waals surface area contributed by atoms with E-state index in [9.17, 15) is 13.5 Å². The fraction of sp³-hybridized carbons (Fsp3) is 0.250. The second-order valence-corrected chi connectivity index (χ2v) is 7.37. The van der Waals surface area contributed by atoms with Gasteiger partial charge < -0.3 is 9.84 Å². The Hall–Kier alpha value is -1.85. The Kier molecular flexibility index (Phi) is 4.65. The molecule has 2 rings (SSSR count). The monoisotopic (exact) mass is 306 g/mol. The SMILES string of the molecule is CC(C(O)c1ccc(Oc2ccccc2)cc1)S(C)(=O)=O. The van der Waals surface area contributed by atoms with Gasteiger partial charge in [0.15, 0.2) is 9.84 Å². The van der Waals surface area contributed by atoms with Crippen molar-refractivity contribution in [2.75, 3.05) is 6.26 Å². The third kappa shape index (κ3) is 4.06. The van der Waals surface area contributed by atoms with Gasteiger partial charge in [-0.3, -0.25) is 0 Å². The van der Waals surface area contributed by atoms with E-state index in [0.29, 0.717) is 11.3 Å². The Morgan fingerprint density at radius 3 is 2.00 bits per heavy atom. The van der Waals surface area contributed by atoms with Crippen LogP contribution in [-0.4, -0.2) is 25.0 Å². The second kappa shape index (κ2) is 6.28. The van der Waals surface area contributed by atoms with Crippen LogP contribution < -0.4 is 4.74 Å². The van der Waals surface area contributed by atoms with Crippen molar-refractivity contribution in [3.8, 4) is 11.5 Å². The number of hydrogen-bond donors (Lipinski definition) is 1. The topological polar surface area (TPSA) is 63.6 Å². The molecule has 0 aromatic heterocycles. The molecule has 0 saturated heterocycles. The van der Waals surface area contributed by atoms with Gasteiger partial charge in [0.2, 0.25) is 0 Å². The van der Waals surface area contributed by atoms with Gasteiger partial charge in [-0.1, -0.05) is 30.3 Å². The number of rotatable bonds is 5. The van der Waals surface area contributed by atoms with E-state index in [4.69, 9.17) is 4.74 Å². The highest BCUT2D eigenvalue weighted by molar-refractivity contribution is 7.91. The smallest absolute Gasteiger partial charge is 0.152 e. The molecule has 0 fully saturated rings. The van der Waals surface area contributed by atoms with Gasteiger partial charge in [0.05, 0.1) is 11.4 Å². The van der Waals surface area contributed by atoms with E-state index in [1.807, 2.05) is 30.3 Å². The summed E-state index contributed by atoms with van der Waals surface area (Å²) >= 11 is 0. The number of para-hydroxylation sites is 1. The van der Waals surface area contributed by atoms with Gasteiger partial charge in [-0.05, 0) is 36.8 Å². The molecule has 0 heterocycles. The van der Waals surface area contributed by atoms with Crippen molar-refractivity contribution in [1.82, 2.24) is 0 Å². The number of aliphatic hydroxyl groups is 1. The molecule has 0 aliphatic carbocycles. The van der Waals surface area contributed by atoms with E-state index in [1.54, 1.807) is 24.3 Å². The number of sulfone groups is 1. The molecule has 0 radical (unpaired) electrons. The first-order valence-electron chi connectivity index (χ1n) is 6.58. The minimum absolute atomic E-state index is 0.549. The van der Waals surface area contributed by atoms with E-state index in [0.717, 1.165) is 12.0 Å². The molecule has 1 N–H and O–H groups in total. The van der Waals surface area contributed by atoms with Crippen LogP contribution in [0.1, 0.15) is 18.6 Å². The molecule has 0 saturated carbocycles. The lowest BCUT2D eigenvalue weighted by Gasteiger charge is -2.17. The lowest BCUT2D eigenvalue weighted by molar-refractivity contribution is 0.176. The number of hydrogen-bond acceptors (Lipinski definition) is 4. The normalized spacial score (nSPS) is 14.4. The van der Waals surface area contributed by atoms with Crippen LogP contribution in [0.4, 0.5) is 0 Å². The zero-order valence-corrected chi connectivity index (χ0v) is 12.7. The van der Waals surface area contributed by atoms with Crippen LogP contribution in [0.3, 0.4) is 0 Å². The lowest BCUT2D eigenvalue weighted by Crippen LogP contribution is -2.24. The summed E-state index contributed by atoms with van der Waals surface area (Å²) in [5.41, 5.74) is 0.549. The third-order valence-corrected chi connectivity index (χ3v) is 4.93. The molecule has 0 bridgehead atoms. The predicted molar refractivity (Wildman–Crippen MR) is 82.2 cm³/mol. The summed E-state index contributed by atoms with van der Waals surface area (Å²) in [5.74, 6) is 1.35. The van der Waals surface area contributed by atoms with Crippen molar-refractivity contribution in [3.63, 3.8) is 0 Å². The summed E-state index contributed by atoms with van der Waals surface area (Å²) in [4.78, 5) is 0. The quantitative estimate of drug-likeness (QED) is 0.922. The molecule has 0 spiro atoms. The van der Waals surface area contributed by atoms with Crippen LogP contribution in [0.2, 0.25) is 0 Å². The second-order valence-electron chi connectivity index (χ2n) is 4.96. The van der Waals surface area contributed by atoms with Crippen molar-refractivity contribution >= 4 is 9.84 Å². The third-order valence-electron chi connectivity index (χ3n) is 3.32. The predicted octanol–water partition coefficient (Wildman–Crippen LogP) is 2.95. The molecule has 2 atom stereocenters. The minimum atomic E-state index is -3.29. The summed E-state index contributed by atoms with van der Waals surface area (Å²) in [5, 5.41) is 9.24. The van der Waals surface area contributed by atoms with Crippen LogP contribution in [0.15, 0.2) is 54.6 Å². The van der Waals surface area contributed by atoms with E-state index in [1.165, 1.54) is 6.92 Å². The maximum absolute atomic E-state index is 11.5. The summed E-state index contributed by atoms with van der Waals surface area (Å²) in [6.07, 6.45) is 0.0686. The molecule has 21 heavy (non-hydrogen) atoms. The Balaban J connectivity index is 2.12. The van der Waals surface area contributed by atoms with E-state index in [2.05, 4.69) is 0 Å². The maximum atomic E-state index is 11.5. The van der Waals surface area contributed by atoms with Gasteiger partial charge in [-0.25, -0.2) is 8.42 Å². The van der Waals surface area contributed by atoms with Gasteiger partial charge in [0.25, 0.3) is 0 Å². The molecule has 0 aliphatic heterocycles. The summed E-state index contributed by atoms with van der Waals surface area (Å²) in [6, 6.07) is 16.1. The number of ether oxygens (including phenoxy) is 1. The van der Waals surface area contributed by atoms with Crippen molar-refractivity contribution in [1.29, 1.82) is 0 Å². The van der Waals surface area contributed by atoms with Crippen LogP contribution in [0, 0.1) is 0 Å². The summed E-state index contributed by atoms with van der Waals surface area (Å²) in [6.45, 7) is 1.49. The average molecular weight is 306 g/mol. The fourth-order valence-electron chi connectivity index (χ4n) is 1.86. The molecule has 0 aliphatic rings.